The lowest BCUT2D eigenvalue weighted by Crippen LogP contribution is -2.56. The van der Waals surface area contributed by atoms with Crippen LogP contribution >= 0.6 is 0 Å². The highest BCUT2D eigenvalue weighted by atomic mass is 16.5. The van der Waals surface area contributed by atoms with E-state index >= 15 is 0 Å². The molecule has 3 unspecified atom stereocenters. The average Bonchev–Trinajstić information content (AvgIpc) is 2.78. The van der Waals surface area contributed by atoms with E-state index in [1.165, 1.54) is 6.20 Å². The fourth-order valence-corrected chi connectivity index (χ4v) is 1.64. The van der Waals surface area contributed by atoms with Crippen LogP contribution in [0.5, 0.6) is 0 Å². The summed E-state index contributed by atoms with van der Waals surface area (Å²) in [5.41, 5.74) is 0. The molecule has 0 aromatic carbocycles. The van der Waals surface area contributed by atoms with Crippen molar-refractivity contribution in [3.63, 3.8) is 0 Å². The second-order valence-corrected chi connectivity index (χ2v) is 3.66. The highest BCUT2D eigenvalue weighted by molar-refractivity contribution is 5.30. The highest BCUT2D eigenvalue weighted by Gasteiger charge is 2.38. The van der Waals surface area contributed by atoms with Gasteiger partial charge in [-0.3, -0.25) is 0 Å². The van der Waals surface area contributed by atoms with Crippen molar-refractivity contribution in [2.45, 2.75) is 24.4 Å². The van der Waals surface area contributed by atoms with Gasteiger partial charge in [-0.05, 0) is 0 Å². The van der Waals surface area contributed by atoms with Crippen LogP contribution in [0.2, 0.25) is 0 Å². The van der Waals surface area contributed by atoms with Crippen molar-refractivity contribution in [3.05, 3.63) is 12.3 Å². The predicted octanol–water partition coefficient (Wildman–Crippen LogP) is -1.43. The maximum Gasteiger partial charge on any atom is 0.224 e. The molecule has 1 aliphatic rings. The van der Waals surface area contributed by atoms with Crippen LogP contribution in [-0.2, 0) is 4.74 Å². The molecule has 0 bridgehead atoms. The lowest BCUT2D eigenvalue weighted by molar-refractivity contribution is -0.152. The monoisotopic (exact) mass is 230 g/mol. The molecule has 1 fully saturated rings. The SMILES string of the molecule is OCC1OC[C@@H](Nc2ccno2)C(O)C1O. The molecule has 0 spiro atoms. The molecule has 2 rings (SSSR count). The molecule has 1 aromatic rings. The molecule has 0 saturated carbocycles. The molecule has 4 N–H and O–H groups in total. The Balaban J connectivity index is 1.97. The summed E-state index contributed by atoms with van der Waals surface area (Å²) in [6, 6.07) is 1.10. The zero-order chi connectivity index (χ0) is 11.5. The minimum absolute atomic E-state index is 0.171. The van der Waals surface area contributed by atoms with Gasteiger partial charge in [-0.25, -0.2) is 0 Å². The third-order valence-electron chi connectivity index (χ3n) is 2.58. The van der Waals surface area contributed by atoms with Gasteiger partial charge < -0.3 is 29.9 Å². The van der Waals surface area contributed by atoms with Crippen LogP contribution in [0.1, 0.15) is 0 Å². The second kappa shape index (κ2) is 4.79. The van der Waals surface area contributed by atoms with E-state index in [-0.39, 0.29) is 13.2 Å². The van der Waals surface area contributed by atoms with Gasteiger partial charge in [0.25, 0.3) is 0 Å². The van der Waals surface area contributed by atoms with E-state index < -0.39 is 24.4 Å². The number of ether oxygens (including phenoxy) is 1. The molecule has 2 heterocycles. The van der Waals surface area contributed by atoms with E-state index in [0.717, 1.165) is 0 Å². The maximum atomic E-state index is 9.77. The lowest BCUT2D eigenvalue weighted by Gasteiger charge is -2.36. The Kier molecular flexibility index (Phi) is 3.39. The van der Waals surface area contributed by atoms with Gasteiger partial charge >= 0.3 is 0 Å². The molecule has 1 saturated heterocycles. The summed E-state index contributed by atoms with van der Waals surface area (Å²) in [5.74, 6) is 0.391. The number of nitrogens with zero attached hydrogens (tertiary/aromatic N) is 1. The maximum absolute atomic E-state index is 9.77. The van der Waals surface area contributed by atoms with Gasteiger partial charge in [0.15, 0.2) is 0 Å². The number of nitrogens with one attached hydrogen (secondary N) is 1. The molecular formula is C9H14N2O5. The molecule has 4 atom stereocenters. The number of hydrogen-bond donors (Lipinski definition) is 4. The van der Waals surface area contributed by atoms with Gasteiger partial charge in [-0.1, -0.05) is 5.16 Å². The summed E-state index contributed by atoms with van der Waals surface area (Å²) in [5, 5.41) is 34.6. The van der Waals surface area contributed by atoms with Crippen LogP contribution < -0.4 is 5.32 Å². The zero-order valence-corrected chi connectivity index (χ0v) is 8.48. The predicted molar refractivity (Wildman–Crippen MR) is 52.8 cm³/mol. The first-order valence-electron chi connectivity index (χ1n) is 4.98. The minimum atomic E-state index is -1.13. The van der Waals surface area contributed by atoms with E-state index in [0.29, 0.717) is 5.88 Å². The van der Waals surface area contributed by atoms with Crippen molar-refractivity contribution in [2.24, 2.45) is 0 Å². The number of aliphatic hydroxyl groups is 3. The van der Waals surface area contributed by atoms with Gasteiger partial charge in [0.1, 0.15) is 18.3 Å². The quantitative estimate of drug-likeness (QED) is 0.504. The van der Waals surface area contributed by atoms with Gasteiger partial charge in [0.05, 0.1) is 25.5 Å². The Morgan fingerprint density at radius 3 is 2.88 bits per heavy atom. The van der Waals surface area contributed by atoms with Crippen LogP contribution in [0.3, 0.4) is 0 Å². The Morgan fingerprint density at radius 1 is 1.44 bits per heavy atom. The summed E-state index contributed by atoms with van der Waals surface area (Å²) in [6.45, 7) is -0.155. The van der Waals surface area contributed by atoms with Gasteiger partial charge in [0.2, 0.25) is 5.88 Å². The van der Waals surface area contributed by atoms with E-state index in [2.05, 4.69) is 10.5 Å². The normalized spacial score (nSPS) is 34.9. The Bertz CT molecular complexity index is 318. The average molecular weight is 230 g/mol. The lowest BCUT2D eigenvalue weighted by atomic mass is 9.98. The minimum Gasteiger partial charge on any atom is -0.394 e. The van der Waals surface area contributed by atoms with Crippen molar-refractivity contribution in [3.8, 4) is 0 Å². The van der Waals surface area contributed by atoms with Gasteiger partial charge in [-0.2, -0.15) is 0 Å². The first-order chi connectivity index (χ1) is 7.72. The molecule has 0 amide bonds. The molecule has 16 heavy (non-hydrogen) atoms. The molecule has 7 heteroatoms. The largest absolute Gasteiger partial charge is 0.394 e. The zero-order valence-electron chi connectivity index (χ0n) is 8.48. The van der Waals surface area contributed by atoms with E-state index in [9.17, 15) is 10.2 Å². The summed E-state index contributed by atoms with van der Waals surface area (Å²) in [4.78, 5) is 0. The Labute approximate surface area is 91.6 Å². The van der Waals surface area contributed by atoms with Crippen LogP contribution in [-0.4, -0.2) is 58.0 Å². The van der Waals surface area contributed by atoms with Crippen molar-refractivity contribution < 1.29 is 24.6 Å². The van der Waals surface area contributed by atoms with Crippen molar-refractivity contribution in [1.29, 1.82) is 0 Å². The van der Waals surface area contributed by atoms with Crippen LogP contribution in [0.4, 0.5) is 5.88 Å². The molecule has 7 nitrogen and oxygen atoms in total. The highest BCUT2D eigenvalue weighted by Crippen LogP contribution is 2.18. The number of aliphatic hydroxyl groups excluding tert-OH is 3. The Morgan fingerprint density at radius 2 is 2.25 bits per heavy atom. The van der Waals surface area contributed by atoms with E-state index in [1.807, 2.05) is 0 Å². The summed E-state index contributed by atoms with van der Waals surface area (Å²) in [7, 11) is 0. The smallest absolute Gasteiger partial charge is 0.224 e. The second-order valence-electron chi connectivity index (χ2n) is 3.66. The molecule has 0 radical (unpaired) electrons. The fraction of sp³-hybridized carbons (Fsp3) is 0.667. The van der Waals surface area contributed by atoms with Gasteiger partial charge in [0, 0.05) is 6.07 Å². The van der Waals surface area contributed by atoms with Crippen LogP contribution in [0.25, 0.3) is 0 Å². The molecule has 90 valence electrons. The topological polar surface area (TPSA) is 108 Å². The van der Waals surface area contributed by atoms with Crippen LogP contribution in [0, 0.1) is 0 Å². The number of anilines is 1. The number of hydrogen-bond acceptors (Lipinski definition) is 7. The van der Waals surface area contributed by atoms with E-state index in [4.69, 9.17) is 14.4 Å². The first-order valence-corrected chi connectivity index (χ1v) is 4.98. The first kappa shape index (κ1) is 11.3. The molecular weight excluding hydrogens is 216 g/mol. The summed E-state index contributed by atoms with van der Waals surface area (Å²) >= 11 is 0. The third kappa shape index (κ3) is 2.17. The standard InChI is InChI=1S/C9H14N2O5/c12-3-6-9(14)8(13)5(4-15-6)11-7-1-2-10-16-7/h1-2,5-6,8-9,11-14H,3-4H2/t5-,6?,8?,9?/m1/s1. The summed E-state index contributed by atoms with van der Waals surface area (Å²) < 4.78 is 10.0. The van der Waals surface area contributed by atoms with Gasteiger partial charge in [-0.15, -0.1) is 0 Å². The van der Waals surface area contributed by atoms with Crippen molar-refractivity contribution >= 4 is 5.88 Å². The molecule has 1 aliphatic heterocycles. The van der Waals surface area contributed by atoms with Crippen molar-refractivity contribution in [1.82, 2.24) is 5.16 Å². The molecule has 0 aliphatic carbocycles. The van der Waals surface area contributed by atoms with Crippen molar-refractivity contribution in [2.75, 3.05) is 18.5 Å². The summed E-state index contributed by atoms with van der Waals surface area (Å²) in [6.07, 6.45) is -1.44. The fourth-order valence-electron chi connectivity index (χ4n) is 1.64. The number of aromatic nitrogens is 1. The molecule has 1 aromatic heterocycles. The van der Waals surface area contributed by atoms with E-state index in [1.54, 1.807) is 6.07 Å². The Hall–Kier alpha value is -1.15. The number of rotatable bonds is 3. The van der Waals surface area contributed by atoms with Crippen LogP contribution in [0.15, 0.2) is 16.8 Å². The third-order valence-corrected chi connectivity index (χ3v) is 2.58.